The second-order valence-electron chi connectivity index (χ2n) is 7.44. The molecule has 3 heteroatoms. The minimum Gasteiger partial charge on any atom is -0.371 e. The van der Waals surface area contributed by atoms with Crippen LogP contribution < -0.4 is 10.6 Å². The Morgan fingerprint density at radius 3 is 2.41 bits per heavy atom. The Morgan fingerprint density at radius 1 is 0.926 bits per heavy atom. The number of hydrogen-bond acceptors (Lipinski definition) is 2. The number of nitrogens with two attached hydrogens (primary N) is 1. The molecule has 0 aromatic heterocycles. The maximum absolute atomic E-state index is 12.3. The summed E-state index contributed by atoms with van der Waals surface area (Å²) in [5, 5.41) is 2.45. The average Bonchev–Trinajstić information content (AvgIpc) is 2.73. The lowest BCUT2D eigenvalue weighted by molar-refractivity contribution is 0.0999. The summed E-state index contributed by atoms with van der Waals surface area (Å²) in [4.78, 5) is 14.7. The van der Waals surface area contributed by atoms with Gasteiger partial charge in [-0.15, -0.1) is 0 Å². The summed E-state index contributed by atoms with van der Waals surface area (Å²) >= 11 is 0. The summed E-state index contributed by atoms with van der Waals surface area (Å²) < 4.78 is 0. The first-order valence-electron chi connectivity index (χ1n) is 9.82. The van der Waals surface area contributed by atoms with Crippen molar-refractivity contribution in [3.8, 4) is 0 Å². The van der Waals surface area contributed by atoms with Crippen LogP contribution in [0.1, 0.15) is 53.6 Å². The van der Waals surface area contributed by atoms with Gasteiger partial charge in [-0.05, 0) is 53.3 Å². The van der Waals surface area contributed by atoms with Crippen LogP contribution in [0.3, 0.4) is 0 Å². The lowest BCUT2D eigenvalue weighted by Gasteiger charge is -2.33. The Hall–Kier alpha value is -2.81. The summed E-state index contributed by atoms with van der Waals surface area (Å²) in [5.41, 5.74) is 9.88. The molecular weight excluding hydrogens is 332 g/mol. The molecule has 1 fully saturated rings. The quantitative estimate of drug-likeness (QED) is 0.707. The topological polar surface area (TPSA) is 46.3 Å². The molecule has 138 valence electrons. The average molecular weight is 358 g/mol. The maximum Gasteiger partial charge on any atom is 0.249 e. The van der Waals surface area contributed by atoms with Gasteiger partial charge in [-0.1, -0.05) is 55.5 Å². The third-order valence-corrected chi connectivity index (χ3v) is 5.77. The highest BCUT2D eigenvalue weighted by Crippen LogP contribution is 2.38. The molecule has 1 amide bonds. The van der Waals surface area contributed by atoms with E-state index in [9.17, 15) is 4.79 Å². The number of benzene rings is 3. The van der Waals surface area contributed by atoms with Crippen LogP contribution in [0.25, 0.3) is 10.8 Å². The summed E-state index contributed by atoms with van der Waals surface area (Å²) in [5.74, 6) is -0.271. The van der Waals surface area contributed by atoms with Crippen molar-refractivity contribution in [2.45, 2.75) is 32.1 Å². The van der Waals surface area contributed by atoms with E-state index >= 15 is 0 Å². The summed E-state index contributed by atoms with van der Waals surface area (Å²) in [6, 6.07) is 20.8. The molecule has 0 spiro atoms. The van der Waals surface area contributed by atoms with Crippen molar-refractivity contribution in [3.63, 3.8) is 0 Å². The van der Waals surface area contributed by atoms with Crippen molar-refractivity contribution in [1.29, 1.82) is 0 Å². The Labute approximate surface area is 160 Å². The van der Waals surface area contributed by atoms with E-state index in [2.05, 4.69) is 60.4 Å². The number of amides is 1. The third-order valence-electron chi connectivity index (χ3n) is 5.77. The Balaban J connectivity index is 1.89. The van der Waals surface area contributed by atoms with E-state index in [1.165, 1.54) is 35.6 Å². The van der Waals surface area contributed by atoms with Gasteiger partial charge in [0.2, 0.25) is 5.91 Å². The normalized spacial score (nSPS) is 15.7. The predicted molar refractivity (Wildman–Crippen MR) is 112 cm³/mol. The molecule has 27 heavy (non-hydrogen) atoms. The number of primary amides is 1. The molecule has 1 aliphatic rings. The number of carbonyl (C=O) groups is 1. The molecule has 0 saturated carbocycles. The second kappa shape index (κ2) is 7.43. The van der Waals surface area contributed by atoms with Crippen molar-refractivity contribution in [3.05, 3.63) is 77.4 Å². The first-order chi connectivity index (χ1) is 13.2. The lowest BCUT2D eigenvalue weighted by Crippen LogP contribution is -2.31. The van der Waals surface area contributed by atoms with Gasteiger partial charge < -0.3 is 10.6 Å². The van der Waals surface area contributed by atoms with Gasteiger partial charge in [0.25, 0.3) is 0 Å². The smallest absolute Gasteiger partial charge is 0.249 e. The maximum atomic E-state index is 12.3. The molecule has 1 aliphatic heterocycles. The van der Waals surface area contributed by atoms with Crippen LogP contribution in [0.2, 0.25) is 0 Å². The van der Waals surface area contributed by atoms with E-state index in [0.29, 0.717) is 5.56 Å². The number of fused-ring (bicyclic) bond motifs is 1. The SMILES string of the molecule is C[C@@H](c1c(C(N)=O)cccc1N1CCCCC1)c1cccc2ccccc12. The number of nitrogens with zero attached hydrogens (tertiary/aromatic N) is 1. The van der Waals surface area contributed by atoms with E-state index < -0.39 is 0 Å². The summed E-state index contributed by atoms with van der Waals surface area (Å²) in [6.07, 6.45) is 3.67. The molecule has 1 atom stereocenters. The minimum absolute atomic E-state index is 0.0803. The van der Waals surface area contributed by atoms with Crippen LogP contribution in [-0.4, -0.2) is 19.0 Å². The van der Waals surface area contributed by atoms with E-state index in [1.807, 2.05) is 12.1 Å². The molecule has 0 unspecified atom stereocenters. The summed E-state index contributed by atoms with van der Waals surface area (Å²) in [7, 11) is 0. The molecule has 4 rings (SSSR count). The van der Waals surface area contributed by atoms with E-state index in [4.69, 9.17) is 5.73 Å². The fourth-order valence-electron chi connectivity index (χ4n) is 4.42. The zero-order valence-electron chi connectivity index (χ0n) is 15.8. The monoisotopic (exact) mass is 358 g/mol. The van der Waals surface area contributed by atoms with Gasteiger partial charge in [0.1, 0.15) is 0 Å². The molecule has 3 nitrogen and oxygen atoms in total. The highest BCUT2D eigenvalue weighted by Gasteiger charge is 2.24. The van der Waals surface area contributed by atoms with Crippen LogP contribution in [0.5, 0.6) is 0 Å². The fraction of sp³-hybridized carbons (Fsp3) is 0.292. The molecule has 3 aromatic rings. The molecule has 1 heterocycles. The molecule has 0 radical (unpaired) electrons. The van der Waals surface area contributed by atoms with Gasteiger partial charge in [0, 0.05) is 30.3 Å². The number of piperidine rings is 1. The highest BCUT2D eigenvalue weighted by molar-refractivity contribution is 5.97. The van der Waals surface area contributed by atoms with Crippen LogP contribution in [-0.2, 0) is 0 Å². The van der Waals surface area contributed by atoms with Crippen molar-refractivity contribution >= 4 is 22.4 Å². The van der Waals surface area contributed by atoms with Gasteiger partial charge in [-0.3, -0.25) is 4.79 Å². The molecule has 0 bridgehead atoms. The van der Waals surface area contributed by atoms with Crippen LogP contribution in [0.15, 0.2) is 60.7 Å². The largest absolute Gasteiger partial charge is 0.371 e. The lowest BCUT2D eigenvalue weighted by atomic mass is 9.85. The first kappa shape index (κ1) is 17.6. The van der Waals surface area contributed by atoms with E-state index in [0.717, 1.165) is 24.3 Å². The van der Waals surface area contributed by atoms with Crippen molar-refractivity contribution in [2.24, 2.45) is 5.73 Å². The fourth-order valence-corrected chi connectivity index (χ4v) is 4.42. The Bertz CT molecular complexity index is 968. The first-order valence-corrected chi connectivity index (χ1v) is 9.82. The van der Waals surface area contributed by atoms with Crippen LogP contribution in [0.4, 0.5) is 5.69 Å². The van der Waals surface area contributed by atoms with E-state index in [1.54, 1.807) is 0 Å². The zero-order valence-corrected chi connectivity index (χ0v) is 15.8. The van der Waals surface area contributed by atoms with Gasteiger partial charge in [0.05, 0.1) is 0 Å². The van der Waals surface area contributed by atoms with Crippen molar-refractivity contribution < 1.29 is 4.79 Å². The number of anilines is 1. The van der Waals surface area contributed by atoms with Crippen LogP contribution in [0, 0.1) is 0 Å². The molecular formula is C24H26N2O. The van der Waals surface area contributed by atoms with Gasteiger partial charge in [-0.2, -0.15) is 0 Å². The standard InChI is InChI=1S/C24H26N2O/c1-17(19-12-7-10-18-9-3-4-11-20(18)19)23-21(24(25)27)13-8-14-22(23)26-15-5-2-6-16-26/h3-4,7-14,17H,2,5-6,15-16H2,1H3,(H2,25,27)/t17-/m1/s1. The van der Waals surface area contributed by atoms with Gasteiger partial charge in [0.15, 0.2) is 0 Å². The zero-order chi connectivity index (χ0) is 18.8. The molecule has 1 saturated heterocycles. The molecule has 3 aromatic carbocycles. The summed E-state index contributed by atoms with van der Waals surface area (Å²) in [6.45, 7) is 4.27. The number of hydrogen-bond donors (Lipinski definition) is 1. The predicted octanol–water partition coefficient (Wildman–Crippen LogP) is 5.08. The van der Waals surface area contributed by atoms with Crippen molar-refractivity contribution in [1.82, 2.24) is 0 Å². The minimum atomic E-state index is -0.351. The van der Waals surface area contributed by atoms with Crippen molar-refractivity contribution in [2.75, 3.05) is 18.0 Å². The Morgan fingerprint density at radius 2 is 1.63 bits per heavy atom. The highest BCUT2D eigenvalue weighted by atomic mass is 16.1. The van der Waals surface area contributed by atoms with Crippen LogP contribution >= 0.6 is 0 Å². The second-order valence-corrected chi connectivity index (χ2v) is 7.44. The molecule has 0 aliphatic carbocycles. The molecule has 2 N–H and O–H groups in total. The van der Waals surface area contributed by atoms with Gasteiger partial charge >= 0.3 is 0 Å². The third kappa shape index (κ3) is 3.30. The van der Waals surface area contributed by atoms with Gasteiger partial charge in [-0.25, -0.2) is 0 Å². The number of carbonyl (C=O) groups excluding carboxylic acids is 1. The Kier molecular flexibility index (Phi) is 4.85. The number of rotatable bonds is 4. The van der Waals surface area contributed by atoms with E-state index in [-0.39, 0.29) is 11.8 Å².